The molecule has 1 heterocycles. The Kier molecular flexibility index (Phi) is 10.6. The molecule has 1 aliphatic rings. The Labute approximate surface area is 270 Å². The summed E-state index contributed by atoms with van der Waals surface area (Å²) in [6.45, 7) is 2.66. The van der Waals surface area contributed by atoms with Gasteiger partial charge in [-0.15, -0.1) is 13.2 Å². The van der Waals surface area contributed by atoms with Crippen molar-refractivity contribution < 1.29 is 58.5 Å². The molecule has 0 saturated carbocycles. The summed E-state index contributed by atoms with van der Waals surface area (Å²) in [4.78, 5) is 0. The smallest absolute Gasteiger partial charge is 0.429 e. The van der Waals surface area contributed by atoms with E-state index in [1.54, 1.807) is 0 Å². The van der Waals surface area contributed by atoms with Crippen molar-refractivity contribution in [2.45, 2.75) is 51.4 Å². The second kappa shape index (κ2) is 14.5. The van der Waals surface area contributed by atoms with Crippen molar-refractivity contribution in [3.05, 3.63) is 107 Å². The molecule has 0 spiro atoms. The Bertz CT molecular complexity index is 1690. The maximum absolute atomic E-state index is 15.1. The van der Waals surface area contributed by atoms with Crippen LogP contribution in [0.2, 0.25) is 0 Å². The van der Waals surface area contributed by atoms with Crippen molar-refractivity contribution in [1.82, 2.24) is 0 Å². The molecule has 4 aromatic carbocycles. The standard InChI is InChI=1S/C35H29F9O4/c1-2-3-4-5-20-18-45-33(46-19-20)24-15-29(38)32(30(39)16-24)34(40,41)47-25-11-12-26(27(36)17-25)22-8-6-21(7-9-22)23-10-13-31(28(37)14-23)48-35(42,43)44/h6-17,20,33H,2-5,18-19H2,1H3. The first-order valence-corrected chi connectivity index (χ1v) is 15.0. The van der Waals surface area contributed by atoms with Gasteiger partial charge in [-0.05, 0) is 59.5 Å². The largest absolute Gasteiger partial charge is 0.573 e. The van der Waals surface area contributed by atoms with Crippen LogP contribution in [-0.4, -0.2) is 19.6 Å². The average molecular weight is 685 g/mol. The summed E-state index contributed by atoms with van der Waals surface area (Å²) in [5.41, 5.74) is -1.000. The lowest BCUT2D eigenvalue weighted by atomic mass is 9.99. The topological polar surface area (TPSA) is 36.9 Å². The Morgan fingerprint density at radius 1 is 0.667 bits per heavy atom. The van der Waals surface area contributed by atoms with Crippen LogP contribution in [0.1, 0.15) is 50.0 Å². The zero-order valence-corrected chi connectivity index (χ0v) is 25.4. The Balaban J connectivity index is 1.26. The van der Waals surface area contributed by atoms with Crippen LogP contribution in [0.3, 0.4) is 0 Å². The maximum Gasteiger partial charge on any atom is 0.573 e. The molecule has 48 heavy (non-hydrogen) atoms. The lowest BCUT2D eigenvalue weighted by Gasteiger charge is -2.30. The van der Waals surface area contributed by atoms with E-state index >= 15 is 13.2 Å². The van der Waals surface area contributed by atoms with Gasteiger partial charge >= 0.3 is 12.5 Å². The minimum absolute atomic E-state index is 0.0564. The number of benzene rings is 4. The number of ether oxygens (including phenoxy) is 4. The molecule has 0 N–H and O–H groups in total. The first kappa shape index (κ1) is 35.1. The van der Waals surface area contributed by atoms with Gasteiger partial charge in [0.15, 0.2) is 17.9 Å². The van der Waals surface area contributed by atoms with Crippen LogP contribution < -0.4 is 9.47 Å². The van der Waals surface area contributed by atoms with E-state index in [2.05, 4.69) is 16.4 Å². The van der Waals surface area contributed by atoms with E-state index in [1.165, 1.54) is 30.3 Å². The fraction of sp³-hybridized carbons (Fsp3) is 0.314. The summed E-state index contributed by atoms with van der Waals surface area (Å²) >= 11 is 0. The molecule has 0 aliphatic carbocycles. The van der Waals surface area contributed by atoms with Gasteiger partial charge < -0.3 is 18.9 Å². The molecule has 13 heteroatoms. The lowest BCUT2D eigenvalue weighted by Crippen LogP contribution is -2.28. The van der Waals surface area contributed by atoms with E-state index in [0.717, 1.165) is 49.9 Å². The van der Waals surface area contributed by atoms with E-state index in [9.17, 15) is 26.3 Å². The third kappa shape index (κ3) is 8.43. The lowest BCUT2D eigenvalue weighted by molar-refractivity contribution is -0.275. The molecule has 1 aliphatic heterocycles. The highest BCUT2D eigenvalue weighted by atomic mass is 19.4. The van der Waals surface area contributed by atoms with Crippen molar-refractivity contribution in [3.63, 3.8) is 0 Å². The van der Waals surface area contributed by atoms with Crippen LogP contribution in [0.25, 0.3) is 22.3 Å². The molecular formula is C35H29F9O4. The minimum Gasteiger partial charge on any atom is -0.429 e. The molecule has 4 aromatic rings. The van der Waals surface area contributed by atoms with Gasteiger partial charge in [0.2, 0.25) is 0 Å². The predicted molar refractivity (Wildman–Crippen MR) is 157 cm³/mol. The van der Waals surface area contributed by atoms with Gasteiger partial charge in [0.05, 0.1) is 13.2 Å². The summed E-state index contributed by atoms with van der Waals surface area (Å²) < 4.78 is 146. The average Bonchev–Trinajstić information content (AvgIpc) is 3.01. The third-order valence-corrected chi connectivity index (χ3v) is 7.68. The molecular weight excluding hydrogens is 655 g/mol. The van der Waals surface area contributed by atoms with Gasteiger partial charge in [-0.3, -0.25) is 0 Å². The van der Waals surface area contributed by atoms with Crippen LogP contribution >= 0.6 is 0 Å². The molecule has 0 aromatic heterocycles. The maximum atomic E-state index is 15.1. The zero-order chi connectivity index (χ0) is 34.6. The van der Waals surface area contributed by atoms with Crippen LogP contribution in [0.15, 0.2) is 72.8 Å². The molecule has 1 fully saturated rings. The van der Waals surface area contributed by atoms with E-state index in [-0.39, 0.29) is 28.2 Å². The van der Waals surface area contributed by atoms with Crippen molar-refractivity contribution in [1.29, 1.82) is 0 Å². The number of hydrogen-bond acceptors (Lipinski definition) is 4. The second-order valence-corrected chi connectivity index (χ2v) is 11.3. The summed E-state index contributed by atoms with van der Waals surface area (Å²) in [7, 11) is 0. The van der Waals surface area contributed by atoms with Crippen molar-refractivity contribution in [2.75, 3.05) is 13.2 Å². The quantitative estimate of drug-likeness (QED) is 0.116. The van der Waals surface area contributed by atoms with E-state index in [0.29, 0.717) is 37.0 Å². The van der Waals surface area contributed by atoms with E-state index < -0.39 is 59.1 Å². The fourth-order valence-electron chi connectivity index (χ4n) is 5.31. The van der Waals surface area contributed by atoms with Gasteiger partial charge in [0.25, 0.3) is 0 Å². The van der Waals surface area contributed by atoms with Gasteiger partial charge in [0.1, 0.15) is 28.8 Å². The fourth-order valence-corrected chi connectivity index (χ4v) is 5.31. The second-order valence-electron chi connectivity index (χ2n) is 11.3. The zero-order valence-electron chi connectivity index (χ0n) is 25.4. The molecule has 1 saturated heterocycles. The predicted octanol–water partition coefficient (Wildman–Crippen LogP) is 10.8. The summed E-state index contributed by atoms with van der Waals surface area (Å²) in [6.07, 6.45) is -6.77. The number of hydrogen-bond donors (Lipinski definition) is 0. The number of alkyl halides is 5. The monoisotopic (exact) mass is 684 g/mol. The van der Waals surface area contributed by atoms with Crippen LogP contribution in [0.4, 0.5) is 39.5 Å². The van der Waals surface area contributed by atoms with Gasteiger partial charge in [0, 0.05) is 23.1 Å². The molecule has 0 unspecified atom stereocenters. The SMILES string of the molecule is CCCCCC1COC(c2cc(F)c(C(F)(F)Oc3ccc(-c4ccc(-c5ccc(OC(F)(F)F)c(F)c5)cc4)c(F)c3)c(F)c2)OC1. The van der Waals surface area contributed by atoms with E-state index in [4.69, 9.17) is 9.47 Å². The summed E-state index contributed by atoms with van der Waals surface area (Å²) in [5.74, 6) is -7.07. The number of halogens is 9. The molecule has 4 nitrogen and oxygen atoms in total. The molecule has 0 atom stereocenters. The summed E-state index contributed by atoms with van der Waals surface area (Å²) in [5, 5.41) is 0. The summed E-state index contributed by atoms with van der Waals surface area (Å²) in [6, 6.07) is 12.7. The highest BCUT2D eigenvalue weighted by molar-refractivity contribution is 5.71. The first-order chi connectivity index (χ1) is 22.7. The number of unbranched alkanes of at least 4 members (excludes halogenated alkanes) is 2. The van der Waals surface area contributed by atoms with Gasteiger partial charge in [-0.2, -0.15) is 8.78 Å². The molecule has 0 radical (unpaired) electrons. The van der Waals surface area contributed by atoms with Crippen LogP contribution in [0.5, 0.6) is 11.5 Å². The Morgan fingerprint density at radius 3 is 1.88 bits per heavy atom. The first-order valence-electron chi connectivity index (χ1n) is 15.0. The van der Waals surface area contributed by atoms with Gasteiger partial charge in [-0.1, -0.05) is 56.5 Å². The third-order valence-electron chi connectivity index (χ3n) is 7.68. The van der Waals surface area contributed by atoms with Crippen LogP contribution in [0, 0.1) is 29.2 Å². The molecule has 0 amide bonds. The Hall–Kier alpha value is -4.23. The van der Waals surface area contributed by atoms with Crippen molar-refractivity contribution >= 4 is 0 Å². The highest BCUT2D eigenvalue weighted by Gasteiger charge is 2.42. The van der Waals surface area contributed by atoms with Crippen molar-refractivity contribution in [2.24, 2.45) is 5.92 Å². The Morgan fingerprint density at radius 2 is 1.29 bits per heavy atom. The molecule has 256 valence electrons. The van der Waals surface area contributed by atoms with E-state index in [1.807, 2.05) is 0 Å². The van der Waals surface area contributed by atoms with Crippen molar-refractivity contribution in [3.8, 4) is 33.8 Å². The molecule has 5 rings (SSSR count). The van der Waals surface area contributed by atoms with Gasteiger partial charge in [-0.25, -0.2) is 17.6 Å². The van der Waals surface area contributed by atoms with Crippen LogP contribution in [-0.2, 0) is 15.6 Å². The normalized spacial score (nSPS) is 17.0. The highest BCUT2D eigenvalue weighted by Crippen LogP contribution is 2.39. The molecule has 0 bridgehead atoms. The minimum atomic E-state index is -5.07. The number of rotatable bonds is 11.